The summed E-state index contributed by atoms with van der Waals surface area (Å²) in [6.45, 7) is 8.62. The van der Waals surface area contributed by atoms with Crippen molar-refractivity contribution in [3.63, 3.8) is 0 Å². The maximum absolute atomic E-state index is 4.08. The Labute approximate surface area is 120 Å². The van der Waals surface area contributed by atoms with Gasteiger partial charge in [0, 0.05) is 0 Å². The number of aryl methyl sites for hydroxylation is 2. The van der Waals surface area contributed by atoms with Gasteiger partial charge in [0.15, 0.2) is 0 Å². The highest BCUT2D eigenvalue weighted by atomic mass is 14.1. The maximum Gasteiger partial charge on any atom is -0.0238 e. The molecule has 0 saturated carbocycles. The molecule has 0 heterocycles. The van der Waals surface area contributed by atoms with Gasteiger partial charge >= 0.3 is 0 Å². The molecule has 1 rings (SSSR count). The lowest BCUT2D eigenvalue weighted by Crippen LogP contribution is -1.96. The van der Waals surface area contributed by atoms with Gasteiger partial charge in [-0.2, -0.15) is 0 Å². The third-order valence-corrected chi connectivity index (χ3v) is 3.87. The van der Waals surface area contributed by atoms with Crippen molar-refractivity contribution in [3.05, 3.63) is 41.8 Å². The van der Waals surface area contributed by atoms with E-state index in [1.807, 2.05) is 0 Å². The first kappa shape index (κ1) is 16.3. The smallest absolute Gasteiger partial charge is 0.0238 e. The van der Waals surface area contributed by atoms with Gasteiger partial charge in [0.25, 0.3) is 0 Å². The number of hydrogen-bond acceptors (Lipinski definition) is 0. The van der Waals surface area contributed by atoms with Gasteiger partial charge in [0.1, 0.15) is 0 Å². The van der Waals surface area contributed by atoms with E-state index in [0.29, 0.717) is 0 Å². The third-order valence-electron chi connectivity index (χ3n) is 3.87. The van der Waals surface area contributed by atoms with E-state index in [-0.39, 0.29) is 0 Å². The Morgan fingerprint density at radius 1 is 0.737 bits per heavy atom. The highest BCUT2D eigenvalue weighted by molar-refractivity contribution is 5.33. The van der Waals surface area contributed by atoms with Gasteiger partial charge < -0.3 is 0 Å². The summed E-state index contributed by atoms with van der Waals surface area (Å²) in [5.74, 6) is 0. The summed E-state index contributed by atoms with van der Waals surface area (Å²) >= 11 is 0. The van der Waals surface area contributed by atoms with Crippen molar-refractivity contribution in [2.75, 3.05) is 0 Å². The lowest BCUT2D eigenvalue weighted by atomic mass is 9.95. The van der Waals surface area contributed by atoms with Crippen molar-refractivity contribution in [2.45, 2.75) is 78.1 Å². The van der Waals surface area contributed by atoms with Gasteiger partial charge in [-0.1, -0.05) is 70.6 Å². The number of hydrogen-bond donors (Lipinski definition) is 0. The summed E-state index contributed by atoms with van der Waals surface area (Å²) in [4.78, 5) is 0. The lowest BCUT2D eigenvalue weighted by Gasteiger charge is -2.11. The quantitative estimate of drug-likeness (QED) is 0.444. The van der Waals surface area contributed by atoms with Crippen LogP contribution in [0.25, 0.3) is 0 Å². The molecule has 0 aliphatic carbocycles. The van der Waals surface area contributed by atoms with Crippen LogP contribution in [0.1, 0.15) is 81.9 Å². The van der Waals surface area contributed by atoms with E-state index in [0.717, 1.165) is 0 Å². The number of rotatable bonds is 10. The second-order valence-electron chi connectivity index (χ2n) is 5.72. The van der Waals surface area contributed by atoms with Crippen molar-refractivity contribution in [1.82, 2.24) is 0 Å². The average Bonchev–Trinajstić information content (AvgIpc) is 2.41. The summed E-state index contributed by atoms with van der Waals surface area (Å²) in [7, 11) is 0. The van der Waals surface area contributed by atoms with E-state index in [4.69, 9.17) is 0 Å². The van der Waals surface area contributed by atoms with Crippen molar-refractivity contribution in [2.24, 2.45) is 0 Å². The molecule has 0 amide bonds. The predicted molar refractivity (Wildman–Crippen MR) is 86.6 cm³/mol. The van der Waals surface area contributed by atoms with Crippen molar-refractivity contribution in [1.29, 1.82) is 0 Å². The SMILES string of the molecule is [CH2]c1ccc(CCCCCC)c(CCCCCC)c1. The van der Waals surface area contributed by atoms with E-state index >= 15 is 0 Å². The molecule has 0 saturated heterocycles. The molecular weight excluding hydrogens is 228 g/mol. The van der Waals surface area contributed by atoms with E-state index < -0.39 is 0 Å². The van der Waals surface area contributed by atoms with Gasteiger partial charge in [-0.05, 0) is 49.3 Å². The first-order valence-corrected chi connectivity index (χ1v) is 8.21. The molecule has 0 unspecified atom stereocenters. The first-order valence-electron chi connectivity index (χ1n) is 8.21. The summed E-state index contributed by atoms with van der Waals surface area (Å²) in [5.41, 5.74) is 4.29. The monoisotopic (exact) mass is 259 g/mol. The van der Waals surface area contributed by atoms with Crippen LogP contribution >= 0.6 is 0 Å². The van der Waals surface area contributed by atoms with E-state index in [2.05, 4.69) is 39.0 Å². The second-order valence-corrected chi connectivity index (χ2v) is 5.72. The van der Waals surface area contributed by atoms with Crippen LogP contribution in [0.3, 0.4) is 0 Å². The second kappa shape index (κ2) is 10.1. The molecular formula is C19H31. The van der Waals surface area contributed by atoms with Crippen LogP contribution in [-0.4, -0.2) is 0 Å². The Morgan fingerprint density at radius 2 is 1.32 bits per heavy atom. The van der Waals surface area contributed by atoms with Gasteiger partial charge in [0.05, 0.1) is 0 Å². The molecule has 1 radical (unpaired) electrons. The molecule has 0 aliphatic rings. The zero-order valence-electron chi connectivity index (χ0n) is 13.0. The fourth-order valence-corrected chi connectivity index (χ4v) is 2.64. The standard InChI is InChI=1S/C19H31/c1-4-6-8-10-12-18-15-14-17(3)16-19(18)13-11-9-7-5-2/h14-16H,3-13H2,1-2H3. The van der Waals surface area contributed by atoms with Gasteiger partial charge in [-0.25, -0.2) is 0 Å². The topological polar surface area (TPSA) is 0 Å². The fraction of sp³-hybridized carbons (Fsp3) is 0.632. The lowest BCUT2D eigenvalue weighted by molar-refractivity contribution is 0.650. The molecule has 0 aromatic heterocycles. The van der Waals surface area contributed by atoms with Crippen LogP contribution in [0.2, 0.25) is 0 Å². The summed E-state index contributed by atoms with van der Waals surface area (Å²) in [6, 6.07) is 6.79. The van der Waals surface area contributed by atoms with Gasteiger partial charge in [0.2, 0.25) is 0 Å². The third kappa shape index (κ3) is 6.80. The number of unbranched alkanes of at least 4 members (excludes halogenated alkanes) is 6. The predicted octanol–water partition coefficient (Wildman–Crippen LogP) is 6.11. The molecule has 0 fully saturated rings. The minimum atomic E-state index is 1.17. The zero-order valence-corrected chi connectivity index (χ0v) is 13.0. The summed E-state index contributed by atoms with van der Waals surface area (Å²) in [5, 5.41) is 0. The first-order chi connectivity index (χ1) is 9.27. The average molecular weight is 259 g/mol. The minimum Gasteiger partial charge on any atom is -0.0654 e. The molecule has 19 heavy (non-hydrogen) atoms. The van der Waals surface area contributed by atoms with Crippen LogP contribution < -0.4 is 0 Å². The van der Waals surface area contributed by atoms with Crippen molar-refractivity contribution >= 4 is 0 Å². The Hall–Kier alpha value is -0.780. The maximum atomic E-state index is 4.08. The number of benzene rings is 1. The Kier molecular flexibility index (Phi) is 8.62. The Bertz CT molecular complexity index is 338. The zero-order chi connectivity index (χ0) is 13.9. The van der Waals surface area contributed by atoms with Crippen molar-refractivity contribution in [3.8, 4) is 0 Å². The largest absolute Gasteiger partial charge is 0.0654 e. The molecule has 0 heteroatoms. The highest BCUT2D eigenvalue weighted by Gasteiger charge is 2.03. The van der Waals surface area contributed by atoms with Crippen molar-refractivity contribution < 1.29 is 0 Å². The van der Waals surface area contributed by atoms with Crippen LogP contribution in [0, 0.1) is 6.92 Å². The molecule has 1 aromatic carbocycles. The highest BCUT2D eigenvalue weighted by Crippen LogP contribution is 2.18. The summed E-state index contributed by atoms with van der Waals surface area (Å²) in [6.07, 6.45) is 13.3. The molecule has 0 atom stereocenters. The normalized spacial score (nSPS) is 10.9. The fourth-order valence-electron chi connectivity index (χ4n) is 2.64. The van der Waals surface area contributed by atoms with Crippen LogP contribution in [0.5, 0.6) is 0 Å². The van der Waals surface area contributed by atoms with Crippen LogP contribution in [-0.2, 0) is 12.8 Å². The van der Waals surface area contributed by atoms with Crippen LogP contribution in [0.4, 0.5) is 0 Å². The molecule has 0 spiro atoms. The van der Waals surface area contributed by atoms with Crippen LogP contribution in [0.15, 0.2) is 18.2 Å². The van der Waals surface area contributed by atoms with Gasteiger partial charge in [-0.3, -0.25) is 0 Å². The summed E-state index contributed by atoms with van der Waals surface area (Å²) < 4.78 is 0. The Balaban J connectivity index is 2.48. The molecule has 0 aliphatic heterocycles. The van der Waals surface area contributed by atoms with E-state index in [9.17, 15) is 0 Å². The molecule has 107 valence electrons. The Morgan fingerprint density at radius 3 is 1.89 bits per heavy atom. The van der Waals surface area contributed by atoms with E-state index in [1.165, 1.54) is 69.8 Å². The molecule has 1 aromatic rings. The van der Waals surface area contributed by atoms with Gasteiger partial charge in [-0.15, -0.1) is 0 Å². The van der Waals surface area contributed by atoms with E-state index in [1.54, 1.807) is 11.1 Å². The molecule has 0 N–H and O–H groups in total. The molecule has 0 bridgehead atoms. The molecule has 0 nitrogen and oxygen atoms in total. The minimum absolute atomic E-state index is 1.17.